The van der Waals surface area contributed by atoms with E-state index in [1.807, 2.05) is 0 Å². The van der Waals surface area contributed by atoms with Crippen molar-refractivity contribution in [3.05, 3.63) is 54.4 Å². The fourth-order valence-electron chi connectivity index (χ4n) is 1.71. The number of halogens is 4. The number of nitrogens with zero attached hydrogens (tertiary/aromatic N) is 3. The molecule has 3 rings (SSSR count). The highest BCUT2D eigenvalue weighted by Crippen LogP contribution is 2.30. The predicted octanol–water partition coefficient (Wildman–Crippen LogP) is 4.08. The number of hydrogen-bond acceptors (Lipinski definition) is 5. The van der Waals surface area contributed by atoms with Crippen molar-refractivity contribution in [3.8, 4) is 22.9 Å². The van der Waals surface area contributed by atoms with E-state index in [0.29, 0.717) is 5.75 Å². The maximum Gasteiger partial charge on any atom is 0.471 e. The van der Waals surface area contributed by atoms with Crippen LogP contribution in [0.1, 0.15) is 5.89 Å². The molecule has 0 unspecified atom stereocenters. The Labute approximate surface area is 126 Å². The molecule has 0 aliphatic rings. The van der Waals surface area contributed by atoms with Crippen LogP contribution in [0, 0.1) is 5.95 Å². The monoisotopic (exact) mass is 325 g/mol. The predicted molar refractivity (Wildman–Crippen MR) is 69.0 cm³/mol. The first-order chi connectivity index (χ1) is 10.9. The van der Waals surface area contributed by atoms with Crippen LogP contribution in [0.2, 0.25) is 0 Å². The van der Waals surface area contributed by atoms with Gasteiger partial charge in [0.15, 0.2) is 0 Å². The third-order valence-corrected chi connectivity index (χ3v) is 2.70. The second kappa shape index (κ2) is 5.67. The average Bonchev–Trinajstić information content (AvgIpc) is 3.00. The summed E-state index contributed by atoms with van der Waals surface area (Å²) in [6.45, 7) is 0. The molecule has 0 aliphatic heterocycles. The van der Waals surface area contributed by atoms with E-state index in [1.165, 1.54) is 24.4 Å². The second-order valence-corrected chi connectivity index (χ2v) is 4.37. The molecule has 0 spiro atoms. The van der Waals surface area contributed by atoms with E-state index < -0.39 is 18.0 Å². The Balaban J connectivity index is 1.85. The van der Waals surface area contributed by atoms with Crippen molar-refractivity contribution >= 4 is 0 Å². The van der Waals surface area contributed by atoms with Gasteiger partial charge in [-0.05, 0) is 24.3 Å². The van der Waals surface area contributed by atoms with Crippen molar-refractivity contribution in [2.45, 2.75) is 6.18 Å². The van der Waals surface area contributed by atoms with Crippen LogP contribution in [0.3, 0.4) is 0 Å². The maximum absolute atomic E-state index is 12.7. The highest BCUT2D eigenvalue weighted by atomic mass is 19.4. The van der Waals surface area contributed by atoms with Gasteiger partial charge in [0.05, 0.1) is 6.20 Å². The molecule has 0 saturated heterocycles. The van der Waals surface area contributed by atoms with Crippen molar-refractivity contribution < 1.29 is 26.8 Å². The van der Waals surface area contributed by atoms with Gasteiger partial charge in [-0.3, -0.25) is 0 Å². The summed E-state index contributed by atoms with van der Waals surface area (Å²) in [6, 6.07) is 8.52. The second-order valence-electron chi connectivity index (χ2n) is 4.37. The highest BCUT2D eigenvalue weighted by molar-refractivity contribution is 5.57. The molecule has 0 aliphatic carbocycles. The van der Waals surface area contributed by atoms with Gasteiger partial charge < -0.3 is 9.26 Å². The van der Waals surface area contributed by atoms with Crippen LogP contribution >= 0.6 is 0 Å². The Morgan fingerprint density at radius 1 is 1.04 bits per heavy atom. The van der Waals surface area contributed by atoms with E-state index in [4.69, 9.17) is 4.74 Å². The molecule has 0 bridgehead atoms. The fourth-order valence-corrected chi connectivity index (χ4v) is 1.71. The molecule has 0 fully saturated rings. The molecule has 23 heavy (non-hydrogen) atoms. The Hall–Kier alpha value is -2.97. The zero-order chi connectivity index (χ0) is 16.4. The van der Waals surface area contributed by atoms with Crippen LogP contribution in [0.4, 0.5) is 17.6 Å². The van der Waals surface area contributed by atoms with Crippen LogP contribution in [0.15, 0.2) is 47.1 Å². The topological polar surface area (TPSA) is 61.0 Å². The Morgan fingerprint density at radius 2 is 1.87 bits per heavy atom. The minimum absolute atomic E-state index is 0.222. The summed E-state index contributed by atoms with van der Waals surface area (Å²) in [7, 11) is 0. The first-order valence-electron chi connectivity index (χ1n) is 6.22. The molecule has 9 heteroatoms. The Kier molecular flexibility index (Phi) is 3.68. The van der Waals surface area contributed by atoms with Gasteiger partial charge in [0, 0.05) is 5.56 Å². The lowest BCUT2D eigenvalue weighted by atomic mass is 10.2. The van der Waals surface area contributed by atoms with E-state index in [1.54, 1.807) is 12.1 Å². The van der Waals surface area contributed by atoms with Gasteiger partial charge in [0.1, 0.15) is 11.5 Å². The first-order valence-corrected chi connectivity index (χ1v) is 6.22. The summed E-state index contributed by atoms with van der Waals surface area (Å²) >= 11 is 0. The van der Waals surface area contributed by atoms with Gasteiger partial charge in [0.25, 0.3) is 0 Å². The summed E-state index contributed by atoms with van der Waals surface area (Å²) < 4.78 is 59.7. The van der Waals surface area contributed by atoms with Gasteiger partial charge in [0.2, 0.25) is 11.8 Å². The summed E-state index contributed by atoms with van der Waals surface area (Å²) in [5.41, 5.74) is 0.275. The van der Waals surface area contributed by atoms with Gasteiger partial charge in [-0.15, -0.1) is 0 Å². The standard InChI is InChI=1S/C14H7F4N3O2/c15-11-5-4-10(7-19-11)22-9-3-1-2-8(6-9)12-20-13(23-21-12)14(16,17)18/h1-7H. The lowest BCUT2D eigenvalue weighted by Gasteiger charge is -2.05. The zero-order valence-electron chi connectivity index (χ0n) is 11.2. The van der Waals surface area contributed by atoms with Crippen LogP contribution in [-0.2, 0) is 6.18 Å². The SMILES string of the molecule is Fc1ccc(Oc2cccc(-c3noc(C(F)(F)F)n3)c2)cn1. The summed E-state index contributed by atoms with van der Waals surface area (Å²) in [6.07, 6.45) is -3.53. The molecular weight excluding hydrogens is 318 g/mol. The molecule has 2 aromatic heterocycles. The van der Waals surface area contributed by atoms with Gasteiger partial charge in [-0.1, -0.05) is 17.3 Å². The van der Waals surface area contributed by atoms with Crippen molar-refractivity contribution in [2.24, 2.45) is 0 Å². The van der Waals surface area contributed by atoms with Crippen molar-refractivity contribution in [2.75, 3.05) is 0 Å². The Bertz CT molecular complexity index is 815. The Morgan fingerprint density at radius 3 is 2.52 bits per heavy atom. The normalized spacial score (nSPS) is 11.5. The number of pyridine rings is 1. The minimum Gasteiger partial charge on any atom is -0.456 e. The largest absolute Gasteiger partial charge is 0.471 e. The summed E-state index contributed by atoms with van der Waals surface area (Å²) in [5, 5.41) is 3.29. The number of aromatic nitrogens is 3. The molecule has 2 heterocycles. The van der Waals surface area contributed by atoms with Gasteiger partial charge >= 0.3 is 12.1 Å². The average molecular weight is 325 g/mol. The van der Waals surface area contributed by atoms with E-state index in [2.05, 4.69) is 19.6 Å². The first kappa shape index (κ1) is 14.9. The molecule has 0 N–H and O–H groups in total. The van der Waals surface area contributed by atoms with Crippen LogP contribution in [0.25, 0.3) is 11.4 Å². The lowest BCUT2D eigenvalue weighted by Crippen LogP contribution is -2.04. The molecule has 0 radical (unpaired) electrons. The number of alkyl halides is 3. The van der Waals surface area contributed by atoms with Crippen molar-refractivity contribution in [1.29, 1.82) is 0 Å². The molecular formula is C14H7F4N3O2. The molecule has 3 aromatic rings. The number of ether oxygens (including phenoxy) is 1. The van der Waals surface area contributed by atoms with Crippen LogP contribution in [-0.4, -0.2) is 15.1 Å². The fraction of sp³-hybridized carbons (Fsp3) is 0.0714. The maximum atomic E-state index is 12.7. The van der Waals surface area contributed by atoms with Gasteiger partial charge in [-0.25, -0.2) is 4.98 Å². The molecule has 0 saturated carbocycles. The van der Waals surface area contributed by atoms with E-state index in [-0.39, 0.29) is 17.1 Å². The number of hydrogen-bond donors (Lipinski definition) is 0. The third kappa shape index (κ3) is 3.44. The van der Waals surface area contributed by atoms with Crippen molar-refractivity contribution in [3.63, 3.8) is 0 Å². The van der Waals surface area contributed by atoms with E-state index in [9.17, 15) is 17.6 Å². The summed E-state index contributed by atoms with van der Waals surface area (Å²) in [4.78, 5) is 6.72. The number of rotatable bonds is 3. The van der Waals surface area contributed by atoms with E-state index >= 15 is 0 Å². The zero-order valence-corrected chi connectivity index (χ0v) is 11.2. The third-order valence-electron chi connectivity index (χ3n) is 2.70. The molecule has 0 atom stereocenters. The van der Waals surface area contributed by atoms with Gasteiger partial charge in [-0.2, -0.15) is 22.5 Å². The van der Waals surface area contributed by atoms with Crippen molar-refractivity contribution in [1.82, 2.24) is 15.1 Å². The molecule has 5 nitrogen and oxygen atoms in total. The number of benzene rings is 1. The quantitative estimate of drug-likeness (QED) is 0.536. The smallest absolute Gasteiger partial charge is 0.456 e. The summed E-state index contributed by atoms with van der Waals surface area (Å²) in [5.74, 6) is -1.74. The highest BCUT2D eigenvalue weighted by Gasteiger charge is 2.38. The molecule has 118 valence electrons. The van der Waals surface area contributed by atoms with Crippen LogP contribution < -0.4 is 4.74 Å². The van der Waals surface area contributed by atoms with E-state index in [0.717, 1.165) is 6.07 Å². The lowest BCUT2D eigenvalue weighted by molar-refractivity contribution is -0.159. The molecule has 1 aromatic carbocycles. The van der Waals surface area contributed by atoms with Crippen LogP contribution in [0.5, 0.6) is 11.5 Å². The molecule has 0 amide bonds. The minimum atomic E-state index is -4.71.